The largest absolute Gasteiger partial charge is 0.483 e. The average Bonchev–Trinajstić information content (AvgIpc) is 2.54. The summed E-state index contributed by atoms with van der Waals surface area (Å²) >= 11 is 3.37. The first-order chi connectivity index (χ1) is 11.2. The molecule has 0 aliphatic rings. The van der Waals surface area contributed by atoms with Crippen molar-refractivity contribution >= 4 is 34.3 Å². The summed E-state index contributed by atoms with van der Waals surface area (Å²) in [5, 5.41) is 3.90. The molecule has 5 nitrogen and oxygen atoms in total. The van der Waals surface area contributed by atoms with Gasteiger partial charge in [0.05, 0.1) is 6.21 Å². The Morgan fingerprint density at radius 1 is 1.22 bits per heavy atom. The summed E-state index contributed by atoms with van der Waals surface area (Å²) in [5.41, 5.74) is 4.13. The molecule has 0 atom stereocenters. The molecular formula is C17H16BrN3O2. The van der Waals surface area contributed by atoms with E-state index in [1.807, 2.05) is 42.5 Å². The summed E-state index contributed by atoms with van der Waals surface area (Å²) in [4.78, 5) is 15.7. The second-order valence-electron chi connectivity index (χ2n) is 4.56. The normalized spacial score (nSPS) is 11.0. The number of carbonyl (C=O) groups excluding carboxylic acids is 1. The fraction of sp³-hybridized carbons (Fsp3) is 0.118. The predicted molar refractivity (Wildman–Crippen MR) is 95.3 cm³/mol. The number of nitrogens with one attached hydrogen (secondary N) is 1. The maximum absolute atomic E-state index is 11.7. The van der Waals surface area contributed by atoms with E-state index in [9.17, 15) is 4.79 Å². The molecule has 0 saturated heterocycles. The number of hydrogen-bond donors (Lipinski definition) is 1. The summed E-state index contributed by atoms with van der Waals surface area (Å²) in [6.45, 7) is -0.121. The highest BCUT2D eigenvalue weighted by Crippen LogP contribution is 2.15. The molecule has 2 aromatic carbocycles. The van der Waals surface area contributed by atoms with Gasteiger partial charge in [0.15, 0.2) is 6.61 Å². The fourth-order valence-electron chi connectivity index (χ4n) is 1.80. The number of halogens is 1. The van der Waals surface area contributed by atoms with E-state index in [1.165, 1.54) is 0 Å². The van der Waals surface area contributed by atoms with Crippen LogP contribution in [0.1, 0.15) is 11.1 Å². The lowest BCUT2D eigenvalue weighted by atomic mass is 10.2. The second-order valence-corrected chi connectivity index (χ2v) is 5.48. The number of benzene rings is 2. The van der Waals surface area contributed by atoms with Crippen LogP contribution in [-0.4, -0.2) is 32.0 Å². The Hall–Kier alpha value is -2.47. The van der Waals surface area contributed by atoms with Crippen molar-refractivity contribution in [2.45, 2.75) is 0 Å². The number of para-hydroxylation sites is 1. The lowest BCUT2D eigenvalue weighted by Gasteiger charge is -2.07. The molecule has 6 heteroatoms. The molecule has 0 aromatic heterocycles. The number of nitrogens with zero attached hydrogens (tertiary/aromatic N) is 2. The molecule has 0 spiro atoms. The van der Waals surface area contributed by atoms with E-state index < -0.39 is 0 Å². The molecule has 118 valence electrons. The maximum atomic E-state index is 11.7. The molecule has 0 unspecified atom stereocenters. The lowest BCUT2D eigenvalue weighted by molar-refractivity contribution is -0.123. The van der Waals surface area contributed by atoms with Crippen LogP contribution in [0.2, 0.25) is 0 Å². The molecule has 0 radical (unpaired) electrons. The summed E-state index contributed by atoms with van der Waals surface area (Å²) in [7, 11) is 1.68. The molecule has 1 amide bonds. The van der Waals surface area contributed by atoms with Crippen molar-refractivity contribution in [2.75, 3.05) is 13.7 Å². The van der Waals surface area contributed by atoms with Crippen molar-refractivity contribution in [3.63, 3.8) is 0 Å². The number of carbonyl (C=O) groups is 1. The van der Waals surface area contributed by atoms with Gasteiger partial charge in [-0.15, -0.1) is 0 Å². The smallest absolute Gasteiger partial charge is 0.277 e. The van der Waals surface area contributed by atoms with Gasteiger partial charge >= 0.3 is 0 Å². The summed E-state index contributed by atoms with van der Waals surface area (Å²) < 4.78 is 6.44. The van der Waals surface area contributed by atoms with Gasteiger partial charge in [-0.25, -0.2) is 5.43 Å². The Labute approximate surface area is 143 Å². The second kappa shape index (κ2) is 8.85. The van der Waals surface area contributed by atoms with Gasteiger partial charge in [-0.1, -0.05) is 40.2 Å². The van der Waals surface area contributed by atoms with Gasteiger partial charge in [0.2, 0.25) is 0 Å². The molecule has 0 fully saturated rings. The van der Waals surface area contributed by atoms with Gasteiger partial charge in [-0.3, -0.25) is 9.79 Å². The molecular weight excluding hydrogens is 358 g/mol. The molecule has 0 aliphatic carbocycles. The van der Waals surface area contributed by atoms with E-state index in [0.717, 1.165) is 15.6 Å². The Balaban J connectivity index is 1.86. The number of aliphatic imine (C=N–C) groups is 1. The van der Waals surface area contributed by atoms with E-state index in [4.69, 9.17) is 4.74 Å². The fourth-order valence-corrected chi connectivity index (χ4v) is 2.22. The zero-order chi connectivity index (χ0) is 16.5. The van der Waals surface area contributed by atoms with E-state index in [0.29, 0.717) is 5.75 Å². The van der Waals surface area contributed by atoms with Crippen molar-refractivity contribution in [1.29, 1.82) is 0 Å². The maximum Gasteiger partial charge on any atom is 0.277 e. The van der Waals surface area contributed by atoms with E-state index >= 15 is 0 Å². The standard InChI is InChI=1S/C17H16BrN3O2/c1-19-11-14-6-2-3-8-16(14)23-12-17(22)21-20-10-13-5-4-7-15(18)9-13/h2-11H,12H2,1H3,(H,21,22). The van der Waals surface area contributed by atoms with Gasteiger partial charge < -0.3 is 4.74 Å². The van der Waals surface area contributed by atoms with Gasteiger partial charge in [0, 0.05) is 23.3 Å². The highest BCUT2D eigenvalue weighted by Gasteiger charge is 2.04. The monoisotopic (exact) mass is 373 g/mol. The minimum atomic E-state index is -0.334. The topological polar surface area (TPSA) is 63.0 Å². The molecule has 0 saturated carbocycles. The Morgan fingerprint density at radius 3 is 2.83 bits per heavy atom. The van der Waals surface area contributed by atoms with Gasteiger partial charge in [0.25, 0.3) is 5.91 Å². The van der Waals surface area contributed by atoms with Crippen LogP contribution in [0, 0.1) is 0 Å². The first kappa shape index (κ1) is 16.9. The van der Waals surface area contributed by atoms with Crippen LogP contribution in [0.5, 0.6) is 5.75 Å². The van der Waals surface area contributed by atoms with E-state index in [2.05, 4.69) is 31.4 Å². The number of rotatable bonds is 6. The first-order valence-electron chi connectivity index (χ1n) is 6.90. The third-order valence-electron chi connectivity index (χ3n) is 2.80. The van der Waals surface area contributed by atoms with Gasteiger partial charge in [-0.2, -0.15) is 5.10 Å². The van der Waals surface area contributed by atoms with Gasteiger partial charge in [-0.05, 0) is 29.8 Å². The summed E-state index contributed by atoms with van der Waals surface area (Å²) in [5.74, 6) is 0.267. The number of amides is 1. The molecule has 0 heterocycles. The minimum Gasteiger partial charge on any atom is -0.483 e. The highest BCUT2D eigenvalue weighted by molar-refractivity contribution is 9.10. The average molecular weight is 374 g/mol. The molecule has 0 bridgehead atoms. The predicted octanol–water partition coefficient (Wildman–Crippen LogP) is 3.03. The van der Waals surface area contributed by atoms with Crippen LogP contribution in [0.25, 0.3) is 0 Å². The molecule has 2 rings (SSSR count). The minimum absolute atomic E-state index is 0.121. The lowest BCUT2D eigenvalue weighted by Crippen LogP contribution is -2.24. The summed E-state index contributed by atoms with van der Waals surface area (Å²) in [6, 6.07) is 15.0. The zero-order valence-corrected chi connectivity index (χ0v) is 14.2. The third-order valence-corrected chi connectivity index (χ3v) is 3.29. The van der Waals surface area contributed by atoms with Crippen LogP contribution in [-0.2, 0) is 4.79 Å². The van der Waals surface area contributed by atoms with Crippen molar-refractivity contribution in [3.8, 4) is 5.75 Å². The van der Waals surface area contributed by atoms with E-state index in [1.54, 1.807) is 25.5 Å². The van der Waals surface area contributed by atoms with Crippen LogP contribution >= 0.6 is 15.9 Å². The van der Waals surface area contributed by atoms with Crippen LogP contribution in [0.15, 0.2) is 63.1 Å². The number of hydrogen-bond acceptors (Lipinski definition) is 4. The number of hydrazone groups is 1. The van der Waals surface area contributed by atoms with Crippen molar-refractivity contribution in [1.82, 2.24) is 5.43 Å². The summed E-state index contributed by atoms with van der Waals surface area (Å²) in [6.07, 6.45) is 3.25. The SMILES string of the molecule is CN=Cc1ccccc1OCC(=O)NN=Cc1cccc(Br)c1. The molecule has 2 aromatic rings. The zero-order valence-electron chi connectivity index (χ0n) is 12.6. The van der Waals surface area contributed by atoms with Crippen LogP contribution in [0.4, 0.5) is 0 Å². The Morgan fingerprint density at radius 2 is 2.04 bits per heavy atom. The van der Waals surface area contributed by atoms with E-state index in [-0.39, 0.29) is 12.5 Å². The van der Waals surface area contributed by atoms with Crippen molar-refractivity contribution in [3.05, 3.63) is 64.1 Å². The van der Waals surface area contributed by atoms with Gasteiger partial charge in [0.1, 0.15) is 5.75 Å². The Bertz CT molecular complexity index is 729. The van der Waals surface area contributed by atoms with Crippen LogP contribution in [0.3, 0.4) is 0 Å². The van der Waals surface area contributed by atoms with Crippen molar-refractivity contribution < 1.29 is 9.53 Å². The quantitative estimate of drug-likeness (QED) is 0.624. The number of ether oxygens (including phenoxy) is 1. The third kappa shape index (κ3) is 5.67. The molecule has 0 aliphatic heterocycles. The first-order valence-corrected chi connectivity index (χ1v) is 7.70. The Kier molecular flexibility index (Phi) is 6.50. The van der Waals surface area contributed by atoms with Crippen molar-refractivity contribution in [2.24, 2.45) is 10.1 Å². The molecule has 23 heavy (non-hydrogen) atoms. The van der Waals surface area contributed by atoms with Crippen LogP contribution < -0.4 is 10.2 Å². The highest BCUT2D eigenvalue weighted by atomic mass is 79.9. The molecule has 1 N–H and O–H groups in total.